The Hall–Kier alpha value is -0.930. The first kappa shape index (κ1) is 2.57. The normalized spacial score (nSPS) is 21.2. The Balaban J connectivity index is 4.36. The summed E-state index contributed by atoms with van der Waals surface area (Å²) in [5.74, 6) is -4.17. The molecule has 46 valence electrons. The minimum atomic E-state index is -3.14. The summed E-state index contributed by atoms with van der Waals surface area (Å²) < 4.78 is 52.0. The number of ether oxygens (including phenoxy) is 1. The molecule has 0 atom stereocenters. The van der Waals surface area contributed by atoms with E-state index in [1.807, 2.05) is 0 Å². The van der Waals surface area contributed by atoms with Crippen molar-refractivity contribution in [2.75, 3.05) is 7.04 Å². The summed E-state index contributed by atoms with van der Waals surface area (Å²) in [6.45, 7) is 0. The molecule has 0 unspecified atom stereocenters. The highest BCUT2D eigenvalue weighted by Crippen LogP contribution is 1.97. The summed E-state index contributed by atoms with van der Waals surface area (Å²) in [7, 11) is -3.14. The lowest BCUT2D eigenvalue weighted by atomic mass is 10.6. The average molecular weight is 126 g/mol. The largest absolute Gasteiger partial charge is 0.464 e. The molecule has 0 aromatic carbocycles. The van der Waals surface area contributed by atoms with Crippen LogP contribution in [0.2, 0.25) is 0 Å². The van der Waals surface area contributed by atoms with Crippen LogP contribution in [0.1, 0.15) is 5.48 Å². The molecule has 0 aromatic rings. The van der Waals surface area contributed by atoms with Gasteiger partial charge in [-0.3, -0.25) is 0 Å². The van der Waals surface area contributed by atoms with E-state index in [1.165, 1.54) is 0 Å². The molecule has 0 aliphatic rings. The smallest absolute Gasteiger partial charge is 0.369 e. The summed E-state index contributed by atoms with van der Waals surface area (Å²) in [6.07, 6.45) is -2.16. The lowest BCUT2D eigenvalue weighted by Gasteiger charge is -1.88. The topological polar surface area (TPSA) is 26.3 Å². The Bertz CT molecular complexity index is 218. The zero-order chi connectivity index (χ0) is 9.94. The van der Waals surface area contributed by atoms with Crippen LogP contribution in [0.4, 0.5) is 8.78 Å². The summed E-state index contributed by atoms with van der Waals surface area (Å²) in [5, 5.41) is 0. The third-order valence-electron chi connectivity index (χ3n) is 0.355. The van der Waals surface area contributed by atoms with E-state index in [2.05, 4.69) is 4.74 Å². The fourth-order valence-corrected chi connectivity index (χ4v) is 0.0834. The number of carbonyl (C=O) groups is 1. The maximum atomic E-state index is 12.0. The molecule has 0 saturated carbocycles. The highest BCUT2D eigenvalue weighted by atomic mass is 19.2. The molecule has 0 radical (unpaired) electrons. The zero-order valence-electron chi connectivity index (χ0n) is 7.57. The van der Waals surface area contributed by atoms with Gasteiger partial charge >= 0.3 is 5.97 Å². The standard InChI is InChI=1S/C4H4F2O2/c1-8-4(7)3(6)2-5/h2H,1H3/i1D3,2D. The van der Waals surface area contributed by atoms with Gasteiger partial charge in [-0.1, -0.05) is 0 Å². The molecular formula is C4H4F2O2. The molecule has 0 N–H and O–H groups in total. The van der Waals surface area contributed by atoms with E-state index >= 15 is 0 Å². The molecule has 2 nitrogen and oxygen atoms in total. The van der Waals surface area contributed by atoms with E-state index in [9.17, 15) is 13.6 Å². The Kier molecular flexibility index (Phi) is 1.00. The van der Waals surface area contributed by atoms with Gasteiger partial charge in [0, 0.05) is 0 Å². The van der Waals surface area contributed by atoms with Gasteiger partial charge in [0.15, 0.2) is 0 Å². The van der Waals surface area contributed by atoms with Crippen molar-refractivity contribution in [2.45, 2.75) is 0 Å². The first-order chi connectivity index (χ1) is 5.24. The summed E-state index contributed by atoms with van der Waals surface area (Å²) in [4.78, 5) is 10.2. The maximum absolute atomic E-state index is 12.0. The summed E-state index contributed by atoms with van der Waals surface area (Å²) in [5.41, 5.74) is 0. The fourth-order valence-electron chi connectivity index (χ4n) is 0.0834. The van der Waals surface area contributed by atoms with Gasteiger partial charge in [0.1, 0.15) is 6.31 Å². The lowest BCUT2D eigenvalue weighted by molar-refractivity contribution is -0.137. The highest BCUT2D eigenvalue weighted by Gasteiger charge is 2.05. The zero-order valence-corrected chi connectivity index (χ0v) is 3.57. The van der Waals surface area contributed by atoms with E-state index in [-0.39, 0.29) is 0 Å². The predicted octanol–water partition coefficient (Wildman–Crippen LogP) is 0.940. The Labute approximate surface area is 50.4 Å². The quantitative estimate of drug-likeness (QED) is 0.386. The van der Waals surface area contributed by atoms with Crippen LogP contribution in [-0.2, 0) is 9.53 Å². The second kappa shape index (κ2) is 3.12. The Morgan fingerprint density at radius 2 is 2.75 bits per heavy atom. The molecule has 0 fully saturated rings. The van der Waals surface area contributed by atoms with Crippen LogP contribution in [0.25, 0.3) is 0 Å². The van der Waals surface area contributed by atoms with Gasteiger partial charge in [0.05, 0.1) is 12.5 Å². The SMILES string of the molecule is [2H]C(F)=C(F)C(=O)OC([2H])([2H])[2H]. The number of rotatable bonds is 1. The molecule has 0 bridgehead atoms. The number of esters is 1. The molecule has 0 aliphatic carbocycles. The second-order valence-corrected chi connectivity index (χ2v) is 0.798. The van der Waals surface area contributed by atoms with Crippen molar-refractivity contribution in [3.63, 3.8) is 0 Å². The minimum absolute atomic E-state index is 2.01. The van der Waals surface area contributed by atoms with Crippen molar-refractivity contribution in [3.8, 4) is 0 Å². The van der Waals surface area contributed by atoms with Crippen LogP contribution in [0.15, 0.2) is 12.1 Å². The minimum Gasteiger partial charge on any atom is -0.464 e. The predicted molar refractivity (Wildman–Crippen MR) is 22.3 cm³/mol. The van der Waals surface area contributed by atoms with E-state index in [0.29, 0.717) is 0 Å². The first-order valence-electron chi connectivity index (χ1n) is 3.49. The van der Waals surface area contributed by atoms with Crippen molar-refractivity contribution >= 4 is 5.97 Å². The molecule has 0 aromatic heterocycles. The molecule has 0 spiro atoms. The monoisotopic (exact) mass is 126 g/mol. The van der Waals surface area contributed by atoms with Crippen LogP contribution in [-0.4, -0.2) is 13.0 Å². The van der Waals surface area contributed by atoms with Gasteiger partial charge in [0.2, 0.25) is 5.83 Å². The van der Waals surface area contributed by atoms with Crippen molar-refractivity contribution in [1.29, 1.82) is 0 Å². The van der Waals surface area contributed by atoms with Crippen molar-refractivity contribution in [2.24, 2.45) is 0 Å². The van der Waals surface area contributed by atoms with Crippen LogP contribution in [0.5, 0.6) is 0 Å². The van der Waals surface area contributed by atoms with E-state index in [1.54, 1.807) is 0 Å². The third kappa shape index (κ3) is 1.68. The molecule has 4 heteroatoms. The number of hydrogen-bond acceptors (Lipinski definition) is 2. The van der Waals surface area contributed by atoms with Gasteiger partial charge in [-0.15, -0.1) is 0 Å². The molecular weight excluding hydrogens is 118 g/mol. The summed E-state index contributed by atoms with van der Waals surface area (Å²) >= 11 is 0. The number of hydrogen-bond donors (Lipinski definition) is 0. The Morgan fingerprint density at radius 1 is 2.12 bits per heavy atom. The van der Waals surface area contributed by atoms with Crippen molar-refractivity contribution in [1.82, 2.24) is 0 Å². The van der Waals surface area contributed by atoms with Crippen LogP contribution in [0.3, 0.4) is 0 Å². The molecule has 8 heavy (non-hydrogen) atoms. The lowest BCUT2D eigenvalue weighted by Crippen LogP contribution is -1.98. The third-order valence-corrected chi connectivity index (χ3v) is 0.355. The van der Waals surface area contributed by atoms with Crippen molar-refractivity contribution < 1.29 is 23.8 Å². The average Bonchev–Trinajstić information content (AvgIpc) is 1.82. The van der Waals surface area contributed by atoms with Gasteiger partial charge in [-0.2, -0.15) is 4.39 Å². The van der Waals surface area contributed by atoms with Crippen LogP contribution in [0, 0.1) is 0 Å². The number of halogens is 2. The molecule has 0 rings (SSSR count). The van der Waals surface area contributed by atoms with E-state index < -0.39 is 25.1 Å². The highest BCUT2D eigenvalue weighted by molar-refractivity contribution is 5.85. The fraction of sp³-hybridized carbons (Fsp3) is 0.250. The van der Waals surface area contributed by atoms with Gasteiger partial charge in [0.25, 0.3) is 0 Å². The number of methoxy groups -OCH3 is 1. The van der Waals surface area contributed by atoms with Gasteiger partial charge in [-0.05, 0) is 0 Å². The first-order valence-corrected chi connectivity index (χ1v) is 1.49. The number of carbonyl (C=O) groups excluding carboxylic acids is 1. The van der Waals surface area contributed by atoms with E-state index in [4.69, 9.17) is 5.48 Å². The maximum Gasteiger partial charge on any atom is 0.369 e. The van der Waals surface area contributed by atoms with Gasteiger partial charge in [-0.25, -0.2) is 9.18 Å². The van der Waals surface area contributed by atoms with Crippen LogP contribution >= 0.6 is 0 Å². The molecule has 0 amide bonds. The van der Waals surface area contributed by atoms with Crippen molar-refractivity contribution in [3.05, 3.63) is 12.1 Å². The van der Waals surface area contributed by atoms with Gasteiger partial charge < -0.3 is 4.74 Å². The molecule has 0 saturated heterocycles. The van der Waals surface area contributed by atoms with E-state index in [0.717, 1.165) is 0 Å². The summed E-state index contributed by atoms with van der Waals surface area (Å²) in [6, 6.07) is 0. The Morgan fingerprint density at radius 3 is 3.12 bits per heavy atom. The second-order valence-electron chi connectivity index (χ2n) is 0.798. The molecule has 0 heterocycles. The molecule has 0 aliphatic heterocycles. The van der Waals surface area contributed by atoms with Crippen LogP contribution < -0.4 is 0 Å².